The van der Waals surface area contributed by atoms with E-state index in [1.807, 2.05) is 6.07 Å². The minimum absolute atomic E-state index is 0.0876. The van der Waals surface area contributed by atoms with E-state index in [2.05, 4.69) is 5.32 Å². The van der Waals surface area contributed by atoms with Gasteiger partial charge in [0, 0.05) is 24.6 Å². The van der Waals surface area contributed by atoms with Crippen LogP contribution in [0.4, 0.5) is 11.4 Å². The number of aliphatic hydroxyl groups excluding tert-OH is 1. The molecule has 1 aromatic carbocycles. The van der Waals surface area contributed by atoms with Crippen LogP contribution in [-0.4, -0.2) is 29.4 Å². The predicted molar refractivity (Wildman–Crippen MR) is 65.9 cm³/mol. The highest BCUT2D eigenvalue weighted by atomic mass is 32.2. The topological polar surface area (TPSA) is 75.4 Å². The Morgan fingerprint density at radius 2 is 2.31 bits per heavy atom. The van der Waals surface area contributed by atoms with Crippen LogP contribution < -0.4 is 5.32 Å². The highest BCUT2D eigenvalue weighted by molar-refractivity contribution is 7.98. The fraction of sp³-hybridized carbons (Fsp3) is 0.400. The maximum absolute atomic E-state index is 10.8. The van der Waals surface area contributed by atoms with Gasteiger partial charge >= 0.3 is 0 Å². The first-order chi connectivity index (χ1) is 7.69. The van der Waals surface area contributed by atoms with Crippen LogP contribution in [-0.2, 0) is 5.75 Å². The quantitative estimate of drug-likeness (QED) is 0.452. The summed E-state index contributed by atoms with van der Waals surface area (Å²) in [6, 6.07) is 5.12. The zero-order valence-corrected chi connectivity index (χ0v) is 9.79. The van der Waals surface area contributed by atoms with Gasteiger partial charge in [-0.05, 0) is 11.6 Å². The first-order valence-corrected chi connectivity index (χ1v) is 5.98. The molecule has 0 amide bonds. The van der Waals surface area contributed by atoms with Gasteiger partial charge in [0.05, 0.1) is 11.5 Å². The molecule has 0 saturated heterocycles. The SMILES string of the molecule is CNc1ccc(CSCCO)cc1[N+](=O)[O-]. The number of benzene rings is 1. The summed E-state index contributed by atoms with van der Waals surface area (Å²) in [6.07, 6.45) is 0. The molecule has 0 heterocycles. The summed E-state index contributed by atoms with van der Waals surface area (Å²) >= 11 is 1.55. The molecule has 1 aromatic rings. The first-order valence-electron chi connectivity index (χ1n) is 4.82. The Kier molecular flexibility index (Phi) is 5.07. The Balaban J connectivity index is 2.81. The fourth-order valence-corrected chi connectivity index (χ4v) is 1.97. The van der Waals surface area contributed by atoms with Gasteiger partial charge in [0.1, 0.15) is 5.69 Å². The van der Waals surface area contributed by atoms with Crippen molar-refractivity contribution in [3.05, 3.63) is 33.9 Å². The number of rotatable bonds is 6. The number of thioether (sulfide) groups is 1. The molecule has 6 heteroatoms. The number of nitro groups is 1. The van der Waals surface area contributed by atoms with Crippen LogP contribution in [0.1, 0.15) is 5.56 Å². The van der Waals surface area contributed by atoms with Gasteiger partial charge in [0.25, 0.3) is 5.69 Å². The fourth-order valence-electron chi connectivity index (χ4n) is 1.28. The number of nitrogens with one attached hydrogen (secondary N) is 1. The van der Waals surface area contributed by atoms with Gasteiger partial charge < -0.3 is 10.4 Å². The molecule has 1 rings (SSSR count). The molecular weight excluding hydrogens is 228 g/mol. The van der Waals surface area contributed by atoms with E-state index in [4.69, 9.17) is 5.11 Å². The van der Waals surface area contributed by atoms with Crippen LogP contribution in [0.5, 0.6) is 0 Å². The van der Waals surface area contributed by atoms with Crippen molar-refractivity contribution >= 4 is 23.1 Å². The van der Waals surface area contributed by atoms with Gasteiger partial charge in [-0.3, -0.25) is 10.1 Å². The lowest BCUT2D eigenvalue weighted by atomic mass is 10.2. The maximum atomic E-state index is 10.8. The molecule has 0 bridgehead atoms. The molecule has 2 N–H and O–H groups in total. The lowest BCUT2D eigenvalue weighted by Gasteiger charge is -2.05. The second-order valence-corrected chi connectivity index (χ2v) is 4.24. The van der Waals surface area contributed by atoms with Crippen molar-refractivity contribution in [2.75, 3.05) is 24.7 Å². The Hall–Kier alpha value is -1.27. The van der Waals surface area contributed by atoms with Gasteiger partial charge in [-0.15, -0.1) is 0 Å². The number of hydrogen-bond acceptors (Lipinski definition) is 5. The molecule has 0 saturated carbocycles. The molecule has 0 aliphatic rings. The lowest BCUT2D eigenvalue weighted by Crippen LogP contribution is -1.97. The van der Waals surface area contributed by atoms with Crippen LogP contribution in [0.2, 0.25) is 0 Å². The standard InChI is InChI=1S/C10H14N2O3S/c1-11-9-3-2-8(7-16-5-4-13)6-10(9)12(14)15/h2-3,6,11,13H,4-5,7H2,1H3. The Bertz CT molecular complexity index is 371. The van der Waals surface area contributed by atoms with E-state index in [0.717, 1.165) is 5.56 Å². The summed E-state index contributed by atoms with van der Waals surface area (Å²) in [4.78, 5) is 10.4. The molecule has 0 aromatic heterocycles. The number of aliphatic hydroxyl groups is 1. The van der Waals surface area contributed by atoms with Gasteiger partial charge in [-0.2, -0.15) is 11.8 Å². The molecule has 0 aliphatic carbocycles. The average molecular weight is 242 g/mol. The zero-order chi connectivity index (χ0) is 12.0. The van der Waals surface area contributed by atoms with Gasteiger partial charge in [-0.1, -0.05) is 6.07 Å². The Morgan fingerprint density at radius 1 is 1.56 bits per heavy atom. The van der Waals surface area contributed by atoms with Crippen LogP contribution in [0.3, 0.4) is 0 Å². The third kappa shape index (κ3) is 3.39. The Morgan fingerprint density at radius 3 is 2.88 bits per heavy atom. The number of hydrogen-bond donors (Lipinski definition) is 2. The van der Waals surface area contributed by atoms with Gasteiger partial charge in [-0.25, -0.2) is 0 Å². The summed E-state index contributed by atoms with van der Waals surface area (Å²) in [6.45, 7) is 0.126. The highest BCUT2D eigenvalue weighted by Crippen LogP contribution is 2.26. The van der Waals surface area contributed by atoms with Crippen LogP contribution >= 0.6 is 11.8 Å². The summed E-state index contributed by atoms with van der Waals surface area (Å²) < 4.78 is 0. The zero-order valence-electron chi connectivity index (χ0n) is 8.97. The molecule has 16 heavy (non-hydrogen) atoms. The summed E-state index contributed by atoms with van der Waals surface area (Å²) in [7, 11) is 1.66. The van der Waals surface area contributed by atoms with Crippen LogP contribution in [0.15, 0.2) is 18.2 Å². The van der Waals surface area contributed by atoms with Gasteiger partial charge in [0.2, 0.25) is 0 Å². The number of anilines is 1. The van der Waals surface area contributed by atoms with E-state index in [0.29, 0.717) is 17.2 Å². The van der Waals surface area contributed by atoms with Crippen molar-refractivity contribution in [2.45, 2.75) is 5.75 Å². The predicted octanol–water partition coefficient (Wildman–Crippen LogP) is 1.86. The first kappa shape index (κ1) is 12.8. The van der Waals surface area contributed by atoms with E-state index < -0.39 is 4.92 Å². The summed E-state index contributed by atoms with van der Waals surface area (Å²) in [5, 5.41) is 22.2. The van der Waals surface area contributed by atoms with E-state index in [-0.39, 0.29) is 12.3 Å². The molecule has 5 nitrogen and oxygen atoms in total. The second-order valence-electron chi connectivity index (χ2n) is 3.13. The molecule has 0 radical (unpaired) electrons. The normalized spacial score (nSPS) is 10.1. The molecular formula is C10H14N2O3S. The molecule has 88 valence electrons. The van der Waals surface area contributed by atoms with Crippen molar-refractivity contribution in [1.82, 2.24) is 0 Å². The minimum Gasteiger partial charge on any atom is -0.396 e. The van der Waals surface area contributed by atoms with Crippen molar-refractivity contribution in [2.24, 2.45) is 0 Å². The minimum atomic E-state index is -0.397. The van der Waals surface area contributed by atoms with Crippen molar-refractivity contribution in [1.29, 1.82) is 0 Å². The van der Waals surface area contributed by atoms with Crippen molar-refractivity contribution in [3.63, 3.8) is 0 Å². The largest absolute Gasteiger partial charge is 0.396 e. The highest BCUT2D eigenvalue weighted by Gasteiger charge is 2.12. The lowest BCUT2D eigenvalue weighted by molar-refractivity contribution is -0.384. The summed E-state index contributed by atoms with van der Waals surface area (Å²) in [5.41, 5.74) is 1.50. The number of nitrogens with zero attached hydrogens (tertiary/aromatic N) is 1. The third-order valence-electron chi connectivity index (χ3n) is 2.03. The molecule has 0 aliphatic heterocycles. The smallest absolute Gasteiger partial charge is 0.292 e. The Labute approximate surface area is 98.0 Å². The van der Waals surface area contributed by atoms with E-state index >= 15 is 0 Å². The van der Waals surface area contributed by atoms with Crippen LogP contribution in [0, 0.1) is 10.1 Å². The second kappa shape index (κ2) is 6.34. The van der Waals surface area contributed by atoms with E-state index in [1.165, 1.54) is 0 Å². The molecule has 0 fully saturated rings. The van der Waals surface area contributed by atoms with Crippen LogP contribution in [0.25, 0.3) is 0 Å². The van der Waals surface area contributed by atoms with Crippen molar-refractivity contribution in [3.8, 4) is 0 Å². The van der Waals surface area contributed by atoms with Gasteiger partial charge in [0.15, 0.2) is 0 Å². The third-order valence-corrected chi connectivity index (χ3v) is 3.04. The summed E-state index contributed by atoms with van der Waals surface area (Å²) in [5.74, 6) is 1.31. The van der Waals surface area contributed by atoms with E-state index in [9.17, 15) is 10.1 Å². The average Bonchev–Trinajstić information content (AvgIpc) is 2.29. The molecule has 0 spiro atoms. The molecule has 0 unspecified atom stereocenters. The molecule has 0 atom stereocenters. The monoisotopic (exact) mass is 242 g/mol. The van der Waals surface area contributed by atoms with Crippen molar-refractivity contribution < 1.29 is 10.0 Å². The number of nitro benzene ring substituents is 1. The maximum Gasteiger partial charge on any atom is 0.292 e. The van der Waals surface area contributed by atoms with E-state index in [1.54, 1.807) is 30.9 Å².